The lowest BCUT2D eigenvalue weighted by molar-refractivity contribution is -0.384. The van der Waals surface area contributed by atoms with Crippen LogP contribution < -0.4 is 5.32 Å². The van der Waals surface area contributed by atoms with Gasteiger partial charge in [0.1, 0.15) is 6.04 Å². The number of carbonyl (C=O) groups excluding carboxylic acids is 1. The highest BCUT2D eigenvalue weighted by Crippen LogP contribution is 2.21. The summed E-state index contributed by atoms with van der Waals surface area (Å²) in [6, 6.07) is 2.85. The van der Waals surface area contributed by atoms with Gasteiger partial charge in [-0.05, 0) is 24.0 Å². The summed E-state index contributed by atoms with van der Waals surface area (Å²) < 4.78 is 0. The molecule has 0 saturated heterocycles. The maximum absolute atomic E-state index is 12.1. The maximum atomic E-state index is 12.1. The van der Waals surface area contributed by atoms with E-state index in [1.165, 1.54) is 12.1 Å². The number of carbonyl (C=O) groups is 2. The number of nitro groups is 1. The lowest BCUT2D eigenvalue weighted by Crippen LogP contribution is -2.49. The molecule has 1 aromatic rings. The third-order valence-electron chi connectivity index (χ3n) is 2.92. The third-order valence-corrected chi connectivity index (χ3v) is 2.92. The molecule has 0 aliphatic carbocycles. The molecule has 0 saturated carbocycles. The van der Waals surface area contributed by atoms with Crippen molar-refractivity contribution in [1.29, 1.82) is 0 Å². The predicted octanol–water partition coefficient (Wildman–Crippen LogP) is 2.13. The van der Waals surface area contributed by atoms with Crippen LogP contribution in [0.4, 0.5) is 5.69 Å². The zero-order valence-corrected chi connectivity index (χ0v) is 12.3. The number of amides is 1. The molecule has 0 spiro atoms. The topological polar surface area (TPSA) is 110 Å². The molecule has 7 heteroatoms. The van der Waals surface area contributed by atoms with Crippen LogP contribution in [-0.2, 0) is 4.79 Å². The Morgan fingerprint density at radius 2 is 1.86 bits per heavy atom. The van der Waals surface area contributed by atoms with Crippen LogP contribution in [0.15, 0.2) is 18.2 Å². The van der Waals surface area contributed by atoms with Gasteiger partial charge in [0.25, 0.3) is 11.6 Å². The minimum absolute atomic E-state index is 0.0669. The van der Waals surface area contributed by atoms with Gasteiger partial charge in [-0.2, -0.15) is 0 Å². The second-order valence-electron chi connectivity index (χ2n) is 5.93. The molecule has 0 unspecified atom stereocenters. The maximum Gasteiger partial charge on any atom is 0.326 e. The average molecular weight is 294 g/mol. The lowest BCUT2D eigenvalue weighted by atomic mass is 9.86. The first kappa shape index (κ1) is 16.6. The smallest absolute Gasteiger partial charge is 0.326 e. The number of non-ortho nitro benzene ring substituents is 1. The van der Waals surface area contributed by atoms with Crippen molar-refractivity contribution in [3.63, 3.8) is 0 Å². The summed E-state index contributed by atoms with van der Waals surface area (Å²) in [7, 11) is 0. The Labute approximate surface area is 122 Å². The Hall–Kier alpha value is -2.44. The van der Waals surface area contributed by atoms with Crippen molar-refractivity contribution >= 4 is 17.6 Å². The molecule has 2 N–H and O–H groups in total. The van der Waals surface area contributed by atoms with Crippen LogP contribution in [0.3, 0.4) is 0 Å². The van der Waals surface area contributed by atoms with Gasteiger partial charge >= 0.3 is 5.97 Å². The first-order valence-electron chi connectivity index (χ1n) is 6.32. The minimum atomic E-state index is -1.15. The van der Waals surface area contributed by atoms with E-state index in [4.69, 9.17) is 0 Å². The second kappa shape index (κ2) is 5.90. The monoisotopic (exact) mass is 294 g/mol. The Kier molecular flexibility index (Phi) is 4.67. The van der Waals surface area contributed by atoms with E-state index in [0.717, 1.165) is 6.07 Å². The average Bonchev–Trinajstić information content (AvgIpc) is 2.32. The van der Waals surface area contributed by atoms with Gasteiger partial charge in [0.2, 0.25) is 0 Å². The third kappa shape index (κ3) is 4.27. The van der Waals surface area contributed by atoms with Gasteiger partial charge in [-0.15, -0.1) is 0 Å². The minimum Gasteiger partial charge on any atom is -0.480 e. The number of nitro benzene ring substituents is 1. The van der Waals surface area contributed by atoms with Gasteiger partial charge in [0.05, 0.1) is 4.92 Å². The summed E-state index contributed by atoms with van der Waals surface area (Å²) in [5.74, 6) is -1.80. The molecule has 0 aliphatic rings. The number of carboxylic acid groups (broad SMARTS) is 1. The van der Waals surface area contributed by atoms with Crippen LogP contribution in [0.25, 0.3) is 0 Å². The number of rotatable bonds is 4. The highest BCUT2D eigenvalue weighted by Gasteiger charge is 2.33. The number of carboxylic acids is 1. The summed E-state index contributed by atoms with van der Waals surface area (Å²) in [6.07, 6.45) is 0. The molecule has 0 aromatic heterocycles. The van der Waals surface area contributed by atoms with Crippen molar-refractivity contribution in [3.8, 4) is 0 Å². The SMILES string of the molecule is Cc1cc(C(=O)N[C@@H](C(=O)O)C(C)(C)C)cc([N+](=O)[O-])c1. The van der Waals surface area contributed by atoms with Crippen molar-refractivity contribution < 1.29 is 19.6 Å². The van der Waals surface area contributed by atoms with Gasteiger partial charge in [-0.25, -0.2) is 4.79 Å². The molecular weight excluding hydrogens is 276 g/mol. The van der Waals surface area contributed by atoms with E-state index in [-0.39, 0.29) is 11.3 Å². The summed E-state index contributed by atoms with van der Waals surface area (Å²) in [6.45, 7) is 6.68. The summed E-state index contributed by atoms with van der Waals surface area (Å²) in [5, 5.41) is 22.4. The van der Waals surface area contributed by atoms with Crippen molar-refractivity contribution in [2.24, 2.45) is 5.41 Å². The molecule has 0 radical (unpaired) electrons. The summed E-state index contributed by atoms with van der Waals surface area (Å²) >= 11 is 0. The number of hydrogen-bond acceptors (Lipinski definition) is 4. The van der Waals surface area contributed by atoms with Gasteiger partial charge in [0, 0.05) is 17.7 Å². The van der Waals surface area contributed by atoms with Crippen LogP contribution in [0.5, 0.6) is 0 Å². The van der Waals surface area contributed by atoms with E-state index in [1.807, 2.05) is 0 Å². The van der Waals surface area contributed by atoms with E-state index in [2.05, 4.69) is 5.32 Å². The predicted molar refractivity (Wildman–Crippen MR) is 76.2 cm³/mol. The zero-order valence-electron chi connectivity index (χ0n) is 12.3. The van der Waals surface area contributed by atoms with E-state index in [9.17, 15) is 24.8 Å². The van der Waals surface area contributed by atoms with Crippen molar-refractivity contribution in [2.45, 2.75) is 33.7 Å². The van der Waals surface area contributed by atoms with E-state index >= 15 is 0 Å². The molecule has 114 valence electrons. The molecule has 1 aromatic carbocycles. The van der Waals surface area contributed by atoms with Gasteiger partial charge < -0.3 is 10.4 Å². The summed E-state index contributed by atoms with van der Waals surface area (Å²) in [4.78, 5) is 33.6. The van der Waals surface area contributed by atoms with Crippen LogP contribution >= 0.6 is 0 Å². The van der Waals surface area contributed by atoms with Gasteiger partial charge in [-0.3, -0.25) is 14.9 Å². The standard InChI is InChI=1S/C14H18N2O5/c1-8-5-9(7-10(6-8)16(20)21)12(17)15-11(13(18)19)14(2,3)4/h5-7,11H,1-4H3,(H,15,17)(H,18,19)/t11-/m0/s1. The Bertz CT molecular complexity index is 590. The molecule has 0 fully saturated rings. The Morgan fingerprint density at radius 3 is 2.29 bits per heavy atom. The number of nitrogens with zero attached hydrogens (tertiary/aromatic N) is 1. The molecule has 1 rings (SSSR count). The molecule has 0 heterocycles. The van der Waals surface area contributed by atoms with Crippen LogP contribution in [0.1, 0.15) is 36.7 Å². The first-order valence-corrected chi connectivity index (χ1v) is 6.32. The normalized spacial score (nSPS) is 12.6. The largest absolute Gasteiger partial charge is 0.480 e. The fourth-order valence-corrected chi connectivity index (χ4v) is 1.86. The molecule has 1 atom stereocenters. The Balaban J connectivity index is 3.09. The number of hydrogen-bond donors (Lipinski definition) is 2. The van der Waals surface area contributed by atoms with Crippen molar-refractivity contribution in [3.05, 3.63) is 39.4 Å². The molecule has 21 heavy (non-hydrogen) atoms. The molecule has 0 bridgehead atoms. The number of aliphatic carboxylic acids is 1. The van der Waals surface area contributed by atoms with E-state index in [1.54, 1.807) is 27.7 Å². The highest BCUT2D eigenvalue weighted by molar-refractivity contribution is 5.97. The quantitative estimate of drug-likeness (QED) is 0.653. The first-order chi connectivity index (χ1) is 9.52. The molecule has 1 amide bonds. The lowest BCUT2D eigenvalue weighted by Gasteiger charge is -2.27. The Morgan fingerprint density at radius 1 is 1.29 bits per heavy atom. The number of nitrogens with one attached hydrogen (secondary N) is 1. The zero-order chi connectivity index (χ0) is 16.4. The van der Waals surface area contributed by atoms with Gasteiger partial charge in [-0.1, -0.05) is 20.8 Å². The fraction of sp³-hybridized carbons (Fsp3) is 0.429. The van der Waals surface area contributed by atoms with Crippen LogP contribution in [-0.4, -0.2) is 27.9 Å². The van der Waals surface area contributed by atoms with Gasteiger partial charge in [0.15, 0.2) is 0 Å². The highest BCUT2D eigenvalue weighted by atomic mass is 16.6. The fourth-order valence-electron chi connectivity index (χ4n) is 1.86. The van der Waals surface area contributed by atoms with Crippen LogP contribution in [0.2, 0.25) is 0 Å². The summed E-state index contributed by atoms with van der Waals surface area (Å²) in [5.41, 5.74) is -0.269. The van der Waals surface area contributed by atoms with Crippen LogP contribution in [0, 0.1) is 22.5 Å². The van der Waals surface area contributed by atoms with E-state index < -0.39 is 28.3 Å². The van der Waals surface area contributed by atoms with Crippen molar-refractivity contribution in [2.75, 3.05) is 0 Å². The number of aryl methyl sites for hydroxylation is 1. The second-order valence-corrected chi connectivity index (χ2v) is 5.93. The molecule has 7 nitrogen and oxygen atoms in total. The molecular formula is C14H18N2O5. The number of benzene rings is 1. The van der Waals surface area contributed by atoms with E-state index in [0.29, 0.717) is 5.56 Å². The molecule has 0 aliphatic heterocycles. The van der Waals surface area contributed by atoms with Crippen molar-refractivity contribution in [1.82, 2.24) is 5.32 Å².